The first-order valence-electron chi connectivity index (χ1n) is 7.47. The van der Waals surface area contributed by atoms with Gasteiger partial charge in [0.15, 0.2) is 10.9 Å². The van der Waals surface area contributed by atoms with E-state index in [-0.39, 0.29) is 11.5 Å². The van der Waals surface area contributed by atoms with E-state index in [1.165, 1.54) is 24.1 Å². The molecule has 26 heavy (non-hydrogen) atoms. The summed E-state index contributed by atoms with van der Waals surface area (Å²) in [5.41, 5.74) is 5.39. The molecule has 134 valence electrons. The summed E-state index contributed by atoms with van der Waals surface area (Å²) in [5.74, 6) is -0.0783. The van der Waals surface area contributed by atoms with Crippen LogP contribution in [0.2, 0.25) is 0 Å². The number of hydrazine groups is 1. The molecule has 0 unspecified atom stereocenters. The van der Waals surface area contributed by atoms with Gasteiger partial charge in [-0.2, -0.15) is 0 Å². The number of hydrogen-bond donors (Lipinski definition) is 2. The lowest BCUT2D eigenvalue weighted by atomic mass is 10.3. The van der Waals surface area contributed by atoms with Gasteiger partial charge in [-0.3, -0.25) is 25.0 Å². The first-order valence-corrected chi connectivity index (χ1v) is 8.46. The Hall–Kier alpha value is -3.27. The fourth-order valence-corrected chi connectivity index (χ4v) is 2.75. The van der Waals surface area contributed by atoms with E-state index in [9.17, 15) is 9.59 Å². The SMILES string of the molecule is COc1cccc(-n2cnnc2SCC(=O)NNC(=O)c2ccco2)c1. The normalized spacial score (nSPS) is 10.3. The van der Waals surface area contributed by atoms with Crippen LogP contribution in [-0.4, -0.2) is 39.4 Å². The molecular weight excluding hydrogens is 358 g/mol. The van der Waals surface area contributed by atoms with Crippen LogP contribution in [0.5, 0.6) is 5.75 Å². The van der Waals surface area contributed by atoms with Gasteiger partial charge in [0, 0.05) is 6.07 Å². The third-order valence-electron chi connectivity index (χ3n) is 3.24. The van der Waals surface area contributed by atoms with Gasteiger partial charge in [-0.15, -0.1) is 10.2 Å². The highest BCUT2D eigenvalue weighted by atomic mass is 32.2. The number of benzene rings is 1. The minimum Gasteiger partial charge on any atom is -0.497 e. The fourth-order valence-electron chi connectivity index (χ4n) is 2.02. The van der Waals surface area contributed by atoms with Crippen LogP contribution >= 0.6 is 11.8 Å². The van der Waals surface area contributed by atoms with Crippen LogP contribution in [0.15, 0.2) is 58.6 Å². The Morgan fingerprint density at radius 1 is 1.27 bits per heavy atom. The zero-order chi connectivity index (χ0) is 18.4. The molecule has 0 aliphatic heterocycles. The molecule has 0 bridgehead atoms. The summed E-state index contributed by atoms with van der Waals surface area (Å²) < 4.78 is 11.9. The number of thioether (sulfide) groups is 1. The number of nitrogens with one attached hydrogen (secondary N) is 2. The van der Waals surface area contributed by atoms with Crippen LogP contribution in [0.4, 0.5) is 0 Å². The van der Waals surface area contributed by atoms with Gasteiger partial charge < -0.3 is 9.15 Å². The fraction of sp³-hybridized carbons (Fsp3) is 0.125. The summed E-state index contributed by atoms with van der Waals surface area (Å²) >= 11 is 1.18. The van der Waals surface area contributed by atoms with E-state index >= 15 is 0 Å². The summed E-state index contributed by atoms with van der Waals surface area (Å²) in [6.45, 7) is 0. The van der Waals surface area contributed by atoms with Crippen molar-refractivity contribution in [1.29, 1.82) is 0 Å². The summed E-state index contributed by atoms with van der Waals surface area (Å²) in [5, 5.41) is 8.42. The molecular formula is C16H15N5O4S. The number of nitrogens with zero attached hydrogens (tertiary/aromatic N) is 3. The molecule has 2 N–H and O–H groups in total. The highest BCUT2D eigenvalue weighted by Gasteiger charge is 2.13. The lowest BCUT2D eigenvalue weighted by Crippen LogP contribution is -2.42. The molecule has 0 radical (unpaired) electrons. The molecule has 0 aliphatic rings. The van der Waals surface area contributed by atoms with Gasteiger partial charge in [0.2, 0.25) is 5.91 Å². The molecule has 3 rings (SSSR count). The van der Waals surface area contributed by atoms with Crippen molar-refractivity contribution in [2.75, 3.05) is 12.9 Å². The van der Waals surface area contributed by atoms with Crippen molar-refractivity contribution in [2.45, 2.75) is 5.16 Å². The summed E-state index contributed by atoms with van der Waals surface area (Å²) in [6.07, 6.45) is 2.92. The molecule has 9 nitrogen and oxygen atoms in total. The zero-order valence-electron chi connectivity index (χ0n) is 13.7. The van der Waals surface area contributed by atoms with Gasteiger partial charge in [-0.1, -0.05) is 17.8 Å². The van der Waals surface area contributed by atoms with Crippen molar-refractivity contribution >= 4 is 23.6 Å². The number of methoxy groups -OCH3 is 1. The molecule has 1 aromatic carbocycles. The molecule has 0 aliphatic carbocycles. The Labute approximate surface area is 152 Å². The van der Waals surface area contributed by atoms with Crippen molar-refractivity contribution in [2.24, 2.45) is 0 Å². The predicted molar refractivity (Wildman–Crippen MR) is 93.0 cm³/mol. The van der Waals surface area contributed by atoms with Crippen molar-refractivity contribution in [3.8, 4) is 11.4 Å². The summed E-state index contributed by atoms with van der Waals surface area (Å²) in [7, 11) is 1.59. The lowest BCUT2D eigenvalue weighted by molar-refractivity contribution is -0.119. The van der Waals surface area contributed by atoms with E-state index in [0.29, 0.717) is 10.9 Å². The van der Waals surface area contributed by atoms with E-state index in [1.54, 1.807) is 24.1 Å². The molecule has 3 aromatic rings. The minimum absolute atomic E-state index is 0.0428. The second-order valence-corrected chi connectivity index (χ2v) is 5.90. The van der Waals surface area contributed by atoms with Crippen LogP contribution in [-0.2, 0) is 4.79 Å². The second kappa shape index (κ2) is 8.21. The number of amides is 2. The number of hydrogen-bond acceptors (Lipinski definition) is 7. The molecule has 0 spiro atoms. The lowest BCUT2D eigenvalue weighted by Gasteiger charge is -2.08. The molecule has 2 amide bonds. The van der Waals surface area contributed by atoms with Crippen molar-refractivity contribution in [3.05, 3.63) is 54.7 Å². The summed E-state index contributed by atoms with van der Waals surface area (Å²) in [4.78, 5) is 23.6. The number of carbonyl (C=O) groups excluding carboxylic acids is 2. The number of ether oxygens (including phenoxy) is 1. The van der Waals surface area contributed by atoms with E-state index in [0.717, 1.165) is 5.69 Å². The van der Waals surface area contributed by atoms with E-state index < -0.39 is 11.8 Å². The van der Waals surface area contributed by atoms with Gasteiger partial charge in [-0.25, -0.2) is 0 Å². The quantitative estimate of drug-likeness (QED) is 0.496. The first-order chi connectivity index (χ1) is 12.7. The predicted octanol–water partition coefficient (Wildman–Crippen LogP) is 1.42. The number of aromatic nitrogens is 3. The van der Waals surface area contributed by atoms with Crippen molar-refractivity contribution < 1.29 is 18.7 Å². The van der Waals surface area contributed by atoms with Gasteiger partial charge >= 0.3 is 5.91 Å². The maximum absolute atomic E-state index is 11.9. The monoisotopic (exact) mass is 373 g/mol. The molecule has 10 heteroatoms. The maximum atomic E-state index is 11.9. The van der Waals surface area contributed by atoms with Gasteiger partial charge in [0.05, 0.1) is 24.8 Å². The molecule has 0 saturated carbocycles. The van der Waals surface area contributed by atoms with Gasteiger partial charge in [-0.05, 0) is 24.3 Å². The largest absolute Gasteiger partial charge is 0.497 e. The third-order valence-corrected chi connectivity index (χ3v) is 4.18. The average Bonchev–Trinajstić information content (AvgIpc) is 3.36. The molecule has 0 fully saturated rings. The minimum atomic E-state index is -0.534. The van der Waals surface area contributed by atoms with Gasteiger partial charge in [0.25, 0.3) is 0 Å². The maximum Gasteiger partial charge on any atom is 0.305 e. The van der Waals surface area contributed by atoms with E-state index in [4.69, 9.17) is 9.15 Å². The topological polar surface area (TPSA) is 111 Å². The second-order valence-electron chi connectivity index (χ2n) is 4.95. The van der Waals surface area contributed by atoms with Crippen LogP contribution < -0.4 is 15.6 Å². The van der Waals surface area contributed by atoms with Crippen LogP contribution in [0.1, 0.15) is 10.6 Å². The zero-order valence-corrected chi connectivity index (χ0v) is 14.5. The Kier molecular flexibility index (Phi) is 5.54. The van der Waals surface area contributed by atoms with Crippen LogP contribution in [0.25, 0.3) is 5.69 Å². The molecule has 0 atom stereocenters. The average molecular weight is 373 g/mol. The van der Waals surface area contributed by atoms with Crippen LogP contribution in [0, 0.1) is 0 Å². The molecule has 2 aromatic heterocycles. The number of carbonyl (C=O) groups is 2. The Morgan fingerprint density at radius 2 is 2.15 bits per heavy atom. The summed E-state index contributed by atoms with van der Waals surface area (Å²) in [6, 6.07) is 10.5. The van der Waals surface area contributed by atoms with Gasteiger partial charge in [0.1, 0.15) is 12.1 Å². The van der Waals surface area contributed by atoms with E-state index in [1.807, 2.05) is 24.3 Å². The number of rotatable bonds is 6. The third kappa shape index (κ3) is 4.22. The molecule has 0 saturated heterocycles. The molecule has 2 heterocycles. The Bertz CT molecular complexity index is 894. The van der Waals surface area contributed by atoms with E-state index in [2.05, 4.69) is 21.0 Å². The standard InChI is InChI=1S/C16H15N5O4S/c1-24-12-5-2-4-11(8-12)21-10-17-20-16(21)26-9-14(22)18-19-15(23)13-6-3-7-25-13/h2-8,10H,9H2,1H3,(H,18,22)(H,19,23). The highest BCUT2D eigenvalue weighted by molar-refractivity contribution is 7.99. The smallest absolute Gasteiger partial charge is 0.305 e. The Morgan fingerprint density at radius 3 is 2.92 bits per heavy atom. The number of furan rings is 1. The highest BCUT2D eigenvalue weighted by Crippen LogP contribution is 2.22. The Balaban J connectivity index is 1.56. The van der Waals surface area contributed by atoms with Crippen molar-refractivity contribution in [1.82, 2.24) is 25.6 Å². The van der Waals surface area contributed by atoms with Crippen LogP contribution in [0.3, 0.4) is 0 Å². The van der Waals surface area contributed by atoms with Crippen molar-refractivity contribution in [3.63, 3.8) is 0 Å². The first kappa shape index (κ1) is 17.5.